The van der Waals surface area contributed by atoms with Crippen LogP contribution in [-0.2, 0) is 29.2 Å². The third-order valence-electron chi connectivity index (χ3n) is 4.29. The van der Waals surface area contributed by atoms with Crippen LogP contribution in [0.4, 0.5) is 0 Å². The molecule has 1 aromatic heterocycles. The van der Waals surface area contributed by atoms with Crippen molar-refractivity contribution in [1.29, 1.82) is 5.26 Å². The Bertz CT molecular complexity index is 981. The fraction of sp³-hybridized carbons (Fsp3) is 0.227. The molecule has 0 aliphatic carbocycles. The van der Waals surface area contributed by atoms with Gasteiger partial charge in [-0.05, 0) is 49.2 Å². The Hall–Kier alpha value is -3.59. The quantitative estimate of drug-likeness (QED) is 0.579. The SMILES string of the molecule is Cc1noc(C)c1COc1ccc(CC(=O)OCc2cccc(C#N)c2)cc1. The second-order valence-electron chi connectivity index (χ2n) is 6.38. The maximum absolute atomic E-state index is 12.0. The summed E-state index contributed by atoms with van der Waals surface area (Å²) in [6, 6.07) is 16.4. The van der Waals surface area contributed by atoms with Crippen LogP contribution < -0.4 is 4.74 Å². The smallest absolute Gasteiger partial charge is 0.310 e. The summed E-state index contributed by atoms with van der Waals surface area (Å²) >= 11 is 0. The van der Waals surface area contributed by atoms with E-state index in [9.17, 15) is 4.79 Å². The van der Waals surface area contributed by atoms with Crippen molar-refractivity contribution in [2.45, 2.75) is 33.5 Å². The van der Waals surface area contributed by atoms with Crippen molar-refractivity contribution in [1.82, 2.24) is 5.16 Å². The molecule has 142 valence electrons. The number of esters is 1. The van der Waals surface area contributed by atoms with Crippen molar-refractivity contribution >= 4 is 5.97 Å². The van der Waals surface area contributed by atoms with E-state index in [1.807, 2.05) is 44.2 Å². The minimum Gasteiger partial charge on any atom is -0.489 e. The molecule has 1 heterocycles. The molecule has 6 nitrogen and oxygen atoms in total. The first-order valence-electron chi connectivity index (χ1n) is 8.83. The van der Waals surface area contributed by atoms with Gasteiger partial charge in [0, 0.05) is 0 Å². The second-order valence-corrected chi connectivity index (χ2v) is 6.38. The Kier molecular flexibility index (Phi) is 6.07. The number of carbonyl (C=O) groups is 1. The van der Waals surface area contributed by atoms with E-state index in [0.29, 0.717) is 17.9 Å². The first-order valence-corrected chi connectivity index (χ1v) is 8.83. The lowest BCUT2D eigenvalue weighted by molar-refractivity contribution is -0.144. The van der Waals surface area contributed by atoms with E-state index in [1.165, 1.54) is 0 Å². The molecule has 3 aromatic rings. The van der Waals surface area contributed by atoms with Gasteiger partial charge in [-0.15, -0.1) is 0 Å². The minimum atomic E-state index is -0.327. The van der Waals surface area contributed by atoms with Crippen LogP contribution in [0.25, 0.3) is 0 Å². The van der Waals surface area contributed by atoms with Crippen molar-refractivity contribution in [3.05, 3.63) is 82.2 Å². The number of benzene rings is 2. The van der Waals surface area contributed by atoms with Crippen molar-refractivity contribution < 1.29 is 18.8 Å². The summed E-state index contributed by atoms with van der Waals surface area (Å²) < 4.78 is 16.2. The van der Waals surface area contributed by atoms with Gasteiger partial charge >= 0.3 is 5.97 Å². The Balaban J connectivity index is 1.49. The standard InChI is InChI=1S/C22H20N2O4/c1-15-21(16(2)28-24-15)14-26-20-8-6-17(7-9-20)11-22(25)27-13-19-5-3-4-18(10-19)12-23/h3-10H,11,13-14H2,1-2H3. The lowest BCUT2D eigenvalue weighted by atomic mass is 10.1. The van der Waals surface area contributed by atoms with E-state index >= 15 is 0 Å². The molecule has 0 fully saturated rings. The van der Waals surface area contributed by atoms with Gasteiger partial charge < -0.3 is 14.0 Å². The highest BCUT2D eigenvalue weighted by Gasteiger charge is 2.10. The van der Waals surface area contributed by atoms with E-state index < -0.39 is 0 Å². The van der Waals surface area contributed by atoms with Crippen LogP contribution in [0.5, 0.6) is 5.75 Å². The second kappa shape index (κ2) is 8.87. The van der Waals surface area contributed by atoms with Gasteiger partial charge in [-0.1, -0.05) is 29.4 Å². The van der Waals surface area contributed by atoms with Crippen molar-refractivity contribution in [2.24, 2.45) is 0 Å². The van der Waals surface area contributed by atoms with E-state index in [2.05, 4.69) is 11.2 Å². The molecule has 0 spiro atoms. The monoisotopic (exact) mass is 376 g/mol. The number of nitriles is 1. The van der Waals surface area contributed by atoms with E-state index in [0.717, 1.165) is 28.1 Å². The van der Waals surface area contributed by atoms with Crippen LogP contribution in [0.3, 0.4) is 0 Å². The molecule has 3 rings (SSSR count). The van der Waals surface area contributed by atoms with Crippen LogP contribution in [0.1, 0.15) is 33.7 Å². The fourth-order valence-corrected chi connectivity index (χ4v) is 2.68. The predicted molar refractivity (Wildman–Crippen MR) is 101 cm³/mol. The average molecular weight is 376 g/mol. The summed E-state index contributed by atoms with van der Waals surface area (Å²) in [5, 5.41) is 12.8. The summed E-state index contributed by atoms with van der Waals surface area (Å²) in [5.41, 5.74) is 3.92. The zero-order valence-corrected chi connectivity index (χ0v) is 15.8. The number of nitrogens with zero attached hydrogens (tertiary/aromatic N) is 2. The van der Waals surface area contributed by atoms with Gasteiger partial charge in [0.15, 0.2) is 0 Å². The number of hydrogen-bond donors (Lipinski definition) is 0. The zero-order valence-electron chi connectivity index (χ0n) is 15.8. The lowest BCUT2D eigenvalue weighted by Gasteiger charge is -2.08. The van der Waals surface area contributed by atoms with Crippen molar-refractivity contribution in [3.8, 4) is 11.8 Å². The van der Waals surface area contributed by atoms with Crippen molar-refractivity contribution in [3.63, 3.8) is 0 Å². The van der Waals surface area contributed by atoms with Gasteiger partial charge in [-0.2, -0.15) is 5.26 Å². The third kappa shape index (κ3) is 4.98. The molecule has 0 saturated heterocycles. The number of aryl methyl sites for hydroxylation is 2. The Morgan fingerprint density at radius 1 is 1.11 bits per heavy atom. The van der Waals surface area contributed by atoms with Gasteiger partial charge in [0.2, 0.25) is 0 Å². The molecule has 28 heavy (non-hydrogen) atoms. The Morgan fingerprint density at radius 3 is 2.57 bits per heavy atom. The summed E-state index contributed by atoms with van der Waals surface area (Å²) in [7, 11) is 0. The molecule has 0 unspecified atom stereocenters. The molecular weight excluding hydrogens is 356 g/mol. The molecule has 0 radical (unpaired) electrons. The van der Waals surface area contributed by atoms with Crippen LogP contribution in [0.2, 0.25) is 0 Å². The fourth-order valence-electron chi connectivity index (χ4n) is 2.68. The molecule has 6 heteroatoms. The highest BCUT2D eigenvalue weighted by Crippen LogP contribution is 2.18. The van der Waals surface area contributed by atoms with Crippen molar-refractivity contribution in [2.75, 3.05) is 0 Å². The summed E-state index contributed by atoms with van der Waals surface area (Å²) in [4.78, 5) is 12.0. The lowest BCUT2D eigenvalue weighted by Crippen LogP contribution is -2.08. The maximum Gasteiger partial charge on any atom is 0.310 e. The summed E-state index contributed by atoms with van der Waals surface area (Å²) in [5.74, 6) is 1.12. The number of hydrogen-bond acceptors (Lipinski definition) is 6. The zero-order chi connectivity index (χ0) is 19.9. The molecule has 0 saturated carbocycles. The highest BCUT2D eigenvalue weighted by atomic mass is 16.5. The average Bonchev–Trinajstić information content (AvgIpc) is 3.03. The molecule has 0 amide bonds. The Morgan fingerprint density at radius 2 is 1.89 bits per heavy atom. The number of aromatic nitrogens is 1. The summed E-state index contributed by atoms with van der Waals surface area (Å²) in [6.07, 6.45) is 0.169. The van der Waals surface area contributed by atoms with Gasteiger partial charge in [0.25, 0.3) is 0 Å². The van der Waals surface area contributed by atoms with Crippen LogP contribution in [-0.4, -0.2) is 11.1 Å². The summed E-state index contributed by atoms with van der Waals surface area (Å²) in [6.45, 7) is 4.25. The maximum atomic E-state index is 12.0. The van der Waals surface area contributed by atoms with Gasteiger partial charge in [0.1, 0.15) is 24.7 Å². The Labute approximate surface area is 163 Å². The third-order valence-corrected chi connectivity index (χ3v) is 4.29. The molecule has 0 bridgehead atoms. The normalized spacial score (nSPS) is 10.3. The van der Waals surface area contributed by atoms with Crippen LogP contribution in [0.15, 0.2) is 53.1 Å². The van der Waals surface area contributed by atoms with Gasteiger partial charge in [-0.3, -0.25) is 4.79 Å². The highest BCUT2D eigenvalue weighted by molar-refractivity contribution is 5.72. The largest absolute Gasteiger partial charge is 0.489 e. The van der Waals surface area contributed by atoms with Crippen LogP contribution in [0, 0.1) is 25.2 Å². The molecule has 0 atom stereocenters. The van der Waals surface area contributed by atoms with Gasteiger partial charge in [0.05, 0.1) is 29.3 Å². The number of rotatable bonds is 7. The molecule has 0 aliphatic rings. The van der Waals surface area contributed by atoms with E-state index in [4.69, 9.17) is 19.3 Å². The first-order chi connectivity index (χ1) is 13.5. The molecule has 0 N–H and O–H groups in total. The first kappa shape index (κ1) is 19.2. The van der Waals surface area contributed by atoms with E-state index in [1.54, 1.807) is 18.2 Å². The van der Waals surface area contributed by atoms with Crippen LogP contribution >= 0.6 is 0 Å². The molecule has 2 aromatic carbocycles. The number of ether oxygens (including phenoxy) is 2. The topological polar surface area (TPSA) is 85.3 Å². The molecular formula is C22H20N2O4. The van der Waals surface area contributed by atoms with Gasteiger partial charge in [-0.25, -0.2) is 0 Å². The predicted octanol–water partition coefficient (Wildman–Crippen LogP) is 4.03. The number of carbonyl (C=O) groups excluding carboxylic acids is 1. The minimum absolute atomic E-state index is 0.146. The molecule has 0 aliphatic heterocycles. The van der Waals surface area contributed by atoms with E-state index in [-0.39, 0.29) is 19.0 Å².